The summed E-state index contributed by atoms with van der Waals surface area (Å²) in [5.41, 5.74) is 3.49. The van der Waals surface area contributed by atoms with Gasteiger partial charge in [-0.15, -0.1) is 0 Å². The first kappa shape index (κ1) is 16.0. The third-order valence-corrected chi connectivity index (χ3v) is 3.26. The van der Waals surface area contributed by atoms with E-state index in [0.29, 0.717) is 28.0 Å². The normalized spacial score (nSPS) is 10.6. The van der Waals surface area contributed by atoms with E-state index in [4.69, 9.17) is 4.74 Å². The Labute approximate surface area is 136 Å². The van der Waals surface area contributed by atoms with Gasteiger partial charge in [-0.1, -0.05) is 0 Å². The number of carbonyl (C=O) groups excluding carboxylic acids is 1. The van der Waals surface area contributed by atoms with E-state index in [1.54, 1.807) is 30.5 Å². The first-order valence-corrected chi connectivity index (χ1v) is 7.30. The minimum atomic E-state index is -0.354. The molecule has 1 aromatic carbocycles. The second-order valence-electron chi connectivity index (χ2n) is 4.22. The van der Waals surface area contributed by atoms with Crippen LogP contribution in [0, 0.1) is 0 Å². The molecule has 2 aromatic rings. The molecule has 0 aliphatic carbocycles. The van der Waals surface area contributed by atoms with Gasteiger partial charge in [-0.25, -0.2) is 5.43 Å². The molecule has 0 atom stereocenters. The van der Waals surface area contributed by atoms with Crippen molar-refractivity contribution in [2.45, 2.75) is 6.92 Å². The predicted molar refractivity (Wildman–Crippen MR) is 86.3 cm³/mol. The highest BCUT2D eigenvalue weighted by Gasteiger charge is 2.08. The van der Waals surface area contributed by atoms with E-state index in [1.165, 1.54) is 12.4 Å². The maximum atomic E-state index is 11.8. The van der Waals surface area contributed by atoms with Crippen molar-refractivity contribution in [3.05, 3.63) is 52.3 Å². The molecule has 7 heteroatoms. The molecule has 0 spiro atoms. The van der Waals surface area contributed by atoms with E-state index in [0.717, 1.165) is 0 Å². The van der Waals surface area contributed by atoms with Crippen LogP contribution in [0.15, 0.2) is 46.2 Å². The third kappa shape index (κ3) is 4.05. The highest BCUT2D eigenvalue weighted by molar-refractivity contribution is 9.10. The fourth-order valence-electron chi connectivity index (χ4n) is 1.66. The van der Waals surface area contributed by atoms with E-state index >= 15 is 0 Å². The van der Waals surface area contributed by atoms with Crippen LogP contribution in [0.3, 0.4) is 0 Å². The Bertz CT molecular complexity index is 690. The molecule has 0 radical (unpaired) electrons. The van der Waals surface area contributed by atoms with Gasteiger partial charge in [0.2, 0.25) is 0 Å². The van der Waals surface area contributed by atoms with Crippen molar-refractivity contribution in [1.82, 2.24) is 10.4 Å². The van der Waals surface area contributed by atoms with Crippen LogP contribution in [0.25, 0.3) is 0 Å². The Hall–Kier alpha value is -2.41. The van der Waals surface area contributed by atoms with Crippen LogP contribution in [-0.4, -0.2) is 28.8 Å². The summed E-state index contributed by atoms with van der Waals surface area (Å²) in [6.07, 6.45) is 4.50. The largest absolute Gasteiger partial charge is 0.503 e. The fraction of sp³-hybridized carbons (Fsp3) is 0.133. The number of benzene rings is 1. The summed E-state index contributed by atoms with van der Waals surface area (Å²) in [6, 6.07) is 6.60. The molecule has 0 fully saturated rings. The number of hydrogen-bond donors (Lipinski definition) is 2. The smallest absolute Gasteiger partial charge is 0.272 e. The van der Waals surface area contributed by atoms with Crippen LogP contribution >= 0.6 is 15.9 Å². The molecule has 1 amide bonds. The van der Waals surface area contributed by atoms with Gasteiger partial charge in [-0.05, 0) is 52.7 Å². The number of rotatable bonds is 5. The SMILES string of the molecule is CCOc1cc(/C=N/NC(=O)c2cccnc2)cc(Br)c1O. The molecule has 6 nitrogen and oxygen atoms in total. The third-order valence-electron chi connectivity index (χ3n) is 2.65. The molecule has 0 aliphatic rings. The summed E-state index contributed by atoms with van der Waals surface area (Å²) < 4.78 is 5.80. The van der Waals surface area contributed by atoms with Gasteiger partial charge in [-0.2, -0.15) is 5.10 Å². The number of phenols is 1. The van der Waals surface area contributed by atoms with Gasteiger partial charge >= 0.3 is 0 Å². The van der Waals surface area contributed by atoms with Crippen molar-refractivity contribution >= 4 is 28.1 Å². The number of aromatic hydroxyl groups is 1. The number of amides is 1. The lowest BCUT2D eigenvalue weighted by Gasteiger charge is -2.08. The van der Waals surface area contributed by atoms with Gasteiger partial charge in [-0.3, -0.25) is 9.78 Å². The zero-order valence-electron chi connectivity index (χ0n) is 11.8. The van der Waals surface area contributed by atoms with Crippen molar-refractivity contribution in [1.29, 1.82) is 0 Å². The molecule has 0 unspecified atom stereocenters. The van der Waals surface area contributed by atoms with Crippen LogP contribution in [0.1, 0.15) is 22.8 Å². The number of hydrogen-bond acceptors (Lipinski definition) is 5. The number of nitrogens with zero attached hydrogens (tertiary/aromatic N) is 2. The molecule has 1 aromatic heterocycles. The summed E-state index contributed by atoms with van der Waals surface area (Å²) >= 11 is 3.24. The Balaban J connectivity index is 2.09. The second-order valence-corrected chi connectivity index (χ2v) is 5.08. The summed E-state index contributed by atoms with van der Waals surface area (Å²) in [7, 11) is 0. The predicted octanol–water partition coefficient (Wildman–Crippen LogP) is 2.71. The second kappa shape index (κ2) is 7.56. The van der Waals surface area contributed by atoms with E-state index in [2.05, 4.69) is 31.4 Å². The monoisotopic (exact) mass is 363 g/mol. The van der Waals surface area contributed by atoms with Gasteiger partial charge in [0.15, 0.2) is 11.5 Å². The van der Waals surface area contributed by atoms with Crippen molar-refractivity contribution in [2.75, 3.05) is 6.61 Å². The van der Waals surface area contributed by atoms with Gasteiger partial charge in [0, 0.05) is 12.4 Å². The summed E-state index contributed by atoms with van der Waals surface area (Å²) in [4.78, 5) is 15.6. The molecule has 2 N–H and O–H groups in total. The molecule has 1 heterocycles. The summed E-state index contributed by atoms with van der Waals surface area (Å²) in [6.45, 7) is 2.25. The van der Waals surface area contributed by atoms with Crippen LogP contribution in [0.5, 0.6) is 11.5 Å². The number of pyridine rings is 1. The molecule has 0 saturated heterocycles. The molecular weight excluding hydrogens is 350 g/mol. The first-order valence-electron chi connectivity index (χ1n) is 6.50. The lowest BCUT2D eigenvalue weighted by molar-refractivity contribution is 0.0955. The zero-order valence-corrected chi connectivity index (χ0v) is 13.4. The van der Waals surface area contributed by atoms with Crippen LogP contribution in [-0.2, 0) is 0 Å². The van der Waals surface area contributed by atoms with Crippen LogP contribution in [0.2, 0.25) is 0 Å². The molecule has 114 valence electrons. The first-order chi connectivity index (χ1) is 10.6. The van der Waals surface area contributed by atoms with Crippen molar-refractivity contribution in [3.8, 4) is 11.5 Å². The number of ether oxygens (including phenoxy) is 1. The molecule has 22 heavy (non-hydrogen) atoms. The minimum Gasteiger partial charge on any atom is -0.503 e. The number of carbonyl (C=O) groups is 1. The Morgan fingerprint density at radius 2 is 2.36 bits per heavy atom. The number of aromatic nitrogens is 1. The Morgan fingerprint density at radius 3 is 3.05 bits per heavy atom. The highest BCUT2D eigenvalue weighted by atomic mass is 79.9. The maximum Gasteiger partial charge on any atom is 0.272 e. The average Bonchev–Trinajstić information content (AvgIpc) is 2.53. The van der Waals surface area contributed by atoms with Crippen LogP contribution in [0.4, 0.5) is 0 Å². The maximum absolute atomic E-state index is 11.8. The summed E-state index contributed by atoms with van der Waals surface area (Å²) in [5, 5.41) is 13.7. The Kier molecular flexibility index (Phi) is 5.48. The molecule has 2 rings (SSSR count). The Morgan fingerprint density at radius 1 is 1.55 bits per heavy atom. The zero-order chi connectivity index (χ0) is 15.9. The number of phenolic OH excluding ortho intramolecular Hbond substituents is 1. The number of nitrogens with one attached hydrogen (secondary N) is 1. The lowest BCUT2D eigenvalue weighted by atomic mass is 10.2. The number of halogens is 1. The van der Waals surface area contributed by atoms with Gasteiger partial charge in [0.05, 0.1) is 22.9 Å². The van der Waals surface area contributed by atoms with E-state index < -0.39 is 0 Å². The quantitative estimate of drug-likeness (QED) is 0.631. The van der Waals surface area contributed by atoms with Crippen molar-refractivity contribution in [2.24, 2.45) is 5.10 Å². The van der Waals surface area contributed by atoms with E-state index in [1.807, 2.05) is 6.92 Å². The van der Waals surface area contributed by atoms with Crippen molar-refractivity contribution in [3.63, 3.8) is 0 Å². The van der Waals surface area contributed by atoms with Crippen LogP contribution < -0.4 is 10.2 Å². The van der Waals surface area contributed by atoms with E-state index in [-0.39, 0.29) is 11.7 Å². The fourth-order valence-corrected chi connectivity index (χ4v) is 2.12. The highest BCUT2D eigenvalue weighted by Crippen LogP contribution is 2.34. The topological polar surface area (TPSA) is 83.8 Å². The van der Waals surface area contributed by atoms with Gasteiger partial charge < -0.3 is 9.84 Å². The molecular formula is C15H14BrN3O3. The van der Waals surface area contributed by atoms with Gasteiger partial charge in [0.25, 0.3) is 5.91 Å². The van der Waals surface area contributed by atoms with Crippen molar-refractivity contribution < 1.29 is 14.6 Å². The van der Waals surface area contributed by atoms with E-state index in [9.17, 15) is 9.90 Å². The molecule has 0 bridgehead atoms. The standard InChI is InChI=1S/C15H14BrN3O3/c1-2-22-13-7-10(6-12(16)14(13)20)8-18-19-15(21)11-4-3-5-17-9-11/h3-9,20H,2H2,1H3,(H,19,21)/b18-8+. The molecule has 0 aliphatic heterocycles. The average molecular weight is 364 g/mol. The lowest BCUT2D eigenvalue weighted by Crippen LogP contribution is -2.17. The minimum absolute atomic E-state index is 0.0263. The molecule has 0 saturated carbocycles. The van der Waals surface area contributed by atoms with Gasteiger partial charge in [0.1, 0.15) is 0 Å². The number of hydrazone groups is 1. The summed E-state index contributed by atoms with van der Waals surface area (Å²) in [5.74, 6) is 0.0162.